The molecule has 0 spiro atoms. The van der Waals surface area contributed by atoms with Crippen LogP contribution in [0.25, 0.3) is 11.5 Å². The van der Waals surface area contributed by atoms with Gasteiger partial charge in [0.1, 0.15) is 11.6 Å². The summed E-state index contributed by atoms with van der Waals surface area (Å²) in [4.78, 5) is 14.4. The molecule has 0 aliphatic rings. The van der Waals surface area contributed by atoms with Crippen LogP contribution in [0.3, 0.4) is 0 Å². The van der Waals surface area contributed by atoms with Gasteiger partial charge in [-0.1, -0.05) is 0 Å². The van der Waals surface area contributed by atoms with Gasteiger partial charge in [0.15, 0.2) is 0 Å². The van der Waals surface area contributed by atoms with E-state index in [2.05, 4.69) is 4.98 Å². The number of carboxylic acids is 1. The molecule has 0 aliphatic heterocycles. The van der Waals surface area contributed by atoms with Gasteiger partial charge in [0.05, 0.1) is 13.3 Å². The number of methoxy groups -OCH3 is 1. The molecule has 0 bridgehead atoms. The molecule has 0 saturated carbocycles. The predicted molar refractivity (Wildman–Crippen MR) is 55.4 cm³/mol. The molecule has 1 heterocycles. The van der Waals surface area contributed by atoms with Crippen molar-refractivity contribution in [2.75, 3.05) is 7.11 Å². The van der Waals surface area contributed by atoms with Crippen LogP contribution in [0.1, 0.15) is 10.6 Å². The Bertz CT molecular complexity index is 564. The standard InChI is InChI=1S/C11H8FNO4/c1-16-8-3-6(2-7(12)4-8)10-13-5-9(17-10)11(14)15/h2-5H,1H3,(H,14,15). The van der Waals surface area contributed by atoms with Gasteiger partial charge in [-0.25, -0.2) is 14.2 Å². The van der Waals surface area contributed by atoms with E-state index in [4.69, 9.17) is 14.3 Å². The minimum atomic E-state index is -1.23. The average molecular weight is 237 g/mol. The molecular weight excluding hydrogens is 229 g/mol. The molecule has 0 amide bonds. The summed E-state index contributed by atoms with van der Waals surface area (Å²) in [5.41, 5.74) is 0.314. The summed E-state index contributed by atoms with van der Waals surface area (Å²) < 4.78 is 23.0. The topological polar surface area (TPSA) is 72.6 Å². The number of hydrogen-bond donors (Lipinski definition) is 1. The summed E-state index contributed by atoms with van der Waals surface area (Å²) in [5, 5.41) is 8.67. The Morgan fingerprint density at radius 3 is 2.82 bits per heavy atom. The first kappa shape index (κ1) is 11.1. The van der Waals surface area contributed by atoms with Crippen LogP contribution in [0.4, 0.5) is 4.39 Å². The third-order valence-electron chi connectivity index (χ3n) is 2.07. The van der Waals surface area contributed by atoms with E-state index < -0.39 is 11.8 Å². The summed E-state index contributed by atoms with van der Waals surface area (Å²) >= 11 is 0. The molecule has 6 heteroatoms. The molecular formula is C11H8FNO4. The van der Waals surface area contributed by atoms with E-state index in [0.717, 1.165) is 6.20 Å². The number of rotatable bonds is 3. The highest BCUT2D eigenvalue weighted by Gasteiger charge is 2.13. The lowest BCUT2D eigenvalue weighted by molar-refractivity contribution is 0.0663. The van der Waals surface area contributed by atoms with E-state index in [1.807, 2.05) is 0 Å². The van der Waals surface area contributed by atoms with Gasteiger partial charge in [-0.15, -0.1) is 0 Å². The summed E-state index contributed by atoms with van der Waals surface area (Å²) in [6, 6.07) is 3.88. The number of carbonyl (C=O) groups is 1. The number of benzene rings is 1. The number of carboxylic acid groups (broad SMARTS) is 1. The molecule has 88 valence electrons. The fourth-order valence-corrected chi connectivity index (χ4v) is 1.31. The molecule has 0 saturated heterocycles. The van der Waals surface area contributed by atoms with E-state index in [9.17, 15) is 9.18 Å². The van der Waals surface area contributed by atoms with Crippen LogP contribution in [-0.4, -0.2) is 23.2 Å². The van der Waals surface area contributed by atoms with Crippen molar-refractivity contribution in [2.45, 2.75) is 0 Å². The molecule has 0 unspecified atom stereocenters. The lowest BCUT2D eigenvalue weighted by atomic mass is 10.2. The van der Waals surface area contributed by atoms with Crippen LogP contribution < -0.4 is 4.74 Å². The summed E-state index contributed by atoms with van der Waals surface area (Å²) in [6.07, 6.45) is 1.06. The molecule has 0 radical (unpaired) electrons. The summed E-state index contributed by atoms with van der Waals surface area (Å²) in [6.45, 7) is 0. The lowest BCUT2D eigenvalue weighted by Gasteiger charge is -2.01. The third-order valence-corrected chi connectivity index (χ3v) is 2.07. The van der Waals surface area contributed by atoms with Gasteiger partial charge in [0, 0.05) is 11.6 Å². The van der Waals surface area contributed by atoms with Crippen LogP contribution >= 0.6 is 0 Å². The minimum absolute atomic E-state index is 0.0280. The number of nitrogens with zero attached hydrogens (tertiary/aromatic N) is 1. The molecule has 0 aliphatic carbocycles. The monoisotopic (exact) mass is 237 g/mol. The lowest BCUT2D eigenvalue weighted by Crippen LogP contribution is -1.91. The van der Waals surface area contributed by atoms with Crippen molar-refractivity contribution in [3.63, 3.8) is 0 Å². The van der Waals surface area contributed by atoms with Crippen LogP contribution in [0.5, 0.6) is 5.75 Å². The zero-order valence-electron chi connectivity index (χ0n) is 8.81. The molecule has 2 aromatic rings. The predicted octanol–water partition coefficient (Wildman–Crippen LogP) is 2.19. The normalized spacial score (nSPS) is 10.2. The Balaban J connectivity index is 2.44. The third kappa shape index (κ3) is 2.25. The van der Waals surface area contributed by atoms with Gasteiger partial charge in [-0.05, 0) is 12.1 Å². The van der Waals surface area contributed by atoms with Crippen molar-refractivity contribution in [1.29, 1.82) is 0 Å². The highest BCUT2D eigenvalue weighted by atomic mass is 19.1. The van der Waals surface area contributed by atoms with Crippen molar-refractivity contribution >= 4 is 5.97 Å². The highest BCUT2D eigenvalue weighted by molar-refractivity contribution is 5.84. The zero-order chi connectivity index (χ0) is 12.4. The number of hydrogen-bond acceptors (Lipinski definition) is 4. The van der Waals surface area contributed by atoms with Gasteiger partial charge in [0.2, 0.25) is 11.7 Å². The Kier molecular flexibility index (Phi) is 2.78. The van der Waals surface area contributed by atoms with E-state index >= 15 is 0 Å². The van der Waals surface area contributed by atoms with Crippen molar-refractivity contribution < 1.29 is 23.4 Å². The maximum Gasteiger partial charge on any atom is 0.373 e. The Labute approximate surface area is 95.5 Å². The molecule has 0 fully saturated rings. The van der Waals surface area contributed by atoms with Crippen LogP contribution in [-0.2, 0) is 0 Å². The summed E-state index contributed by atoms with van der Waals surface area (Å²) in [5.74, 6) is -1.72. The van der Waals surface area contributed by atoms with E-state index in [-0.39, 0.29) is 11.7 Å². The average Bonchev–Trinajstić information content (AvgIpc) is 2.77. The molecule has 0 atom stereocenters. The molecule has 2 rings (SSSR count). The van der Waals surface area contributed by atoms with Crippen molar-refractivity contribution in [2.24, 2.45) is 0 Å². The number of aromatic carboxylic acids is 1. The van der Waals surface area contributed by atoms with Crippen LogP contribution in [0, 0.1) is 5.82 Å². The SMILES string of the molecule is COc1cc(F)cc(-c2ncc(C(=O)O)o2)c1. The Morgan fingerprint density at radius 2 is 2.24 bits per heavy atom. The second-order valence-corrected chi connectivity index (χ2v) is 3.21. The fraction of sp³-hybridized carbons (Fsp3) is 0.0909. The van der Waals surface area contributed by atoms with Crippen LogP contribution in [0.2, 0.25) is 0 Å². The van der Waals surface area contributed by atoms with Crippen molar-refractivity contribution in [1.82, 2.24) is 4.98 Å². The highest BCUT2D eigenvalue weighted by Crippen LogP contribution is 2.25. The smallest absolute Gasteiger partial charge is 0.373 e. The second-order valence-electron chi connectivity index (χ2n) is 3.21. The Morgan fingerprint density at radius 1 is 1.47 bits per heavy atom. The second kappa shape index (κ2) is 4.25. The molecule has 1 N–H and O–H groups in total. The maximum absolute atomic E-state index is 13.2. The Hall–Kier alpha value is -2.37. The van der Waals surface area contributed by atoms with Gasteiger partial charge in [0.25, 0.3) is 0 Å². The van der Waals surface area contributed by atoms with E-state index in [0.29, 0.717) is 11.3 Å². The van der Waals surface area contributed by atoms with Gasteiger partial charge in [-0.2, -0.15) is 0 Å². The summed E-state index contributed by atoms with van der Waals surface area (Å²) in [7, 11) is 1.40. The number of aromatic nitrogens is 1. The van der Waals surface area contributed by atoms with Gasteiger partial charge < -0.3 is 14.3 Å². The number of halogens is 1. The first-order valence-corrected chi connectivity index (χ1v) is 4.64. The van der Waals surface area contributed by atoms with Crippen molar-refractivity contribution in [3.05, 3.63) is 36.0 Å². The largest absolute Gasteiger partial charge is 0.497 e. The van der Waals surface area contributed by atoms with Gasteiger partial charge >= 0.3 is 5.97 Å². The first-order chi connectivity index (χ1) is 8.10. The molecule has 5 nitrogen and oxygen atoms in total. The maximum atomic E-state index is 13.2. The molecule has 17 heavy (non-hydrogen) atoms. The number of ether oxygens (including phenoxy) is 1. The molecule has 1 aromatic carbocycles. The fourth-order valence-electron chi connectivity index (χ4n) is 1.31. The quantitative estimate of drug-likeness (QED) is 0.885. The number of oxazole rings is 1. The van der Waals surface area contributed by atoms with Crippen molar-refractivity contribution in [3.8, 4) is 17.2 Å². The zero-order valence-corrected chi connectivity index (χ0v) is 8.81. The van der Waals surface area contributed by atoms with Crippen LogP contribution in [0.15, 0.2) is 28.8 Å². The van der Waals surface area contributed by atoms with Gasteiger partial charge in [-0.3, -0.25) is 0 Å². The first-order valence-electron chi connectivity index (χ1n) is 4.64. The van der Waals surface area contributed by atoms with E-state index in [1.165, 1.54) is 25.3 Å². The molecule has 1 aromatic heterocycles. The van der Waals surface area contributed by atoms with E-state index in [1.54, 1.807) is 0 Å². The minimum Gasteiger partial charge on any atom is -0.497 e.